The van der Waals surface area contributed by atoms with E-state index >= 15 is 0 Å². The lowest BCUT2D eigenvalue weighted by Crippen LogP contribution is -2.43. The molecule has 190 valence electrons. The summed E-state index contributed by atoms with van der Waals surface area (Å²) in [4.78, 5) is 39.7. The molecule has 2 aliphatic rings. The zero-order valence-electron chi connectivity index (χ0n) is 21.3. The number of ketones is 1. The summed E-state index contributed by atoms with van der Waals surface area (Å²) in [6, 6.07) is 3.43. The summed E-state index contributed by atoms with van der Waals surface area (Å²) in [6.07, 6.45) is 1.08. The Balaban J connectivity index is 2.30. The van der Waals surface area contributed by atoms with Crippen molar-refractivity contribution in [3.05, 3.63) is 40.2 Å². The number of nitrogens with one attached hydrogen (secondary N) is 1. The smallest absolute Gasteiger partial charge is 0.336 e. The van der Waals surface area contributed by atoms with Crippen LogP contribution in [0.4, 0.5) is 0 Å². The number of hydrogen-bond acceptors (Lipinski definition) is 9. The number of benzene rings is 1. The summed E-state index contributed by atoms with van der Waals surface area (Å²) in [6.45, 7) is 5.73. The first-order valence-electron chi connectivity index (χ1n) is 11.5. The first-order chi connectivity index (χ1) is 16.7. The average molecular weight is 488 g/mol. The largest absolute Gasteiger partial charge is 0.493 e. The maximum atomic E-state index is 13.9. The molecular weight excluding hydrogens is 454 g/mol. The fourth-order valence-electron chi connectivity index (χ4n) is 4.89. The Kier molecular flexibility index (Phi) is 8.09. The van der Waals surface area contributed by atoms with E-state index < -0.39 is 29.6 Å². The van der Waals surface area contributed by atoms with E-state index in [4.69, 9.17) is 23.7 Å². The van der Waals surface area contributed by atoms with Crippen LogP contribution in [-0.2, 0) is 23.9 Å². The van der Waals surface area contributed by atoms with E-state index in [9.17, 15) is 14.4 Å². The Morgan fingerprint density at radius 1 is 1.06 bits per heavy atom. The standard InChI is InChI=1S/C26H33NO8/c1-8-11-35-26(30)19-14(3)27-16-12-13(2)18(25(29)34-7)22(28)21(16)20(19)15-9-10-17(31-4)24(33-6)23(15)32-5/h9-10,13,18,20,27H,8,11-12H2,1-7H3/t13-,18+,20-/m0/s1. The number of dihydropyridines is 1. The molecule has 0 amide bonds. The predicted octanol–water partition coefficient (Wildman–Crippen LogP) is 3.28. The second-order valence-corrected chi connectivity index (χ2v) is 8.59. The Hall–Kier alpha value is -3.49. The number of carbonyl (C=O) groups excluding carboxylic acids is 3. The highest BCUT2D eigenvalue weighted by Gasteiger charge is 2.48. The third-order valence-electron chi connectivity index (χ3n) is 6.45. The van der Waals surface area contributed by atoms with Crippen LogP contribution in [0.3, 0.4) is 0 Å². The second-order valence-electron chi connectivity index (χ2n) is 8.59. The van der Waals surface area contributed by atoms with Crippen LogP contribution >= 0.6 is 0 Å². The molecule has 0 fully saturated rings. The van der Waals surface area contributed by atoms with E-state index in [1.54, 1.807) is 19.1 Å². The molecule has 1 aliphatic heterocycles. The highest BCUT2D eigenvalue weighted by atomic mass is 16.5. The molecule has 0 radical (unpaired) electrons. The Morgan fingerprint density at radius 2 is 1.74 bits per heavy atom. The molecule has 1 N–H and O–H groups in total. The third kappa shape index (κ3) is 4.59. The van der Waals surface area contributed by atoms with Crippen molar-refractivity contribution in [1.29, 1.82) is 0 Å². The lowest BCUT2D eigenvalue weighted by molar-refractivity contribution is -0.151. The number of rotatable bonds is 8. The molecule has 0 unspecified atom stereocenters. The quantitative estimate of drug-likeness (QED) is 0.436. The number of methoxy groups -OCH3 is 4. The summed E-state index contributed by atoms with van der Waals surface area (Å²) in [7, 11) is 5.73. The fourth-order valence-corrected chi connectivity index (χ4v) is 4.89. The van der Waals surface area contributed by atoms with Gasteiger partial charge in [-0.3, -0.25) is 9.59 Å². The van der Waals surface area contributed by atoms with Crippen molar-refractivity contribution >= 4 is 17.7 Å². The molecule has 3 atom stereocenters. The predicted molar refractivity (Wildman–Crippen MR) is 127 cm³/mol. The lowest BCUT2D eigenvalue weighted by atomic mass is 9.69. The van der Waals surface area contributed by atoms with Gasteiger partial charge in [0.1, 0.15) is 5.92 Å². The van der Waals surface area contributed by atoms with Gasteiger partial charge in [0.25, 0.3) is 0 Å². The molecule has 9 heteroatoms. The molecule has 9 nitrogen and oxygen atoms in total. The highest BCUT2D eigenvalue weighted by molar-refractivity contribution is 6.12. The van der Waals surface area contributed by atoms with E-state index in [2.05, 4.69) is 5.32 Å². The average Bonchev–Trinajstić information content (AvgIpc) is 2.84. The van der Waals surface area contributed by atoms with Crippen LogP contribution in [-0.4, -0.2) is 52.8 Å². The van der Waals surface area contributed by atoms with Crippen LogP contribution in [0.5, 0.6) is 17.2 Å². The van der Waals surface area contributed by atoms with Crippen LogP contribution in [0.15, 0.2) is 34.7 Å². The topological polar surface area (TPSA) is 109 Å². The molecule has 0 saturated heterocycles. The van der Waals surface area contributed by atoms with Crippen molar-refractivity contribution in [3.63, 3.8) is 0 Å². The van der Waals surface area contributed by atoms with Crippen LogP contribution in [0.1, 0.15) is 45.1 Å². The Bertz CT molecular complexity index is 1090. The monoisotopic (exact) mass is 487 g/mol. The molecule has 1 aromatic rings. The van der Waals surface area contributed by atoms with Crippen LogP contribution in [0.2, 0.25) is 0 Å². The van der Waals surface area contributed by atoms with Crippen molar-refractivity contribution in [3.8, 4) is 17.2 Å². The number of carbonyl (C=O) groups is 3. The van der Waals surface area contributed by atoms with Crippen molar-refractivity contribution < 1.29 is 38.1 Å². The highest BCUT2D eigenvalue weighted by Crippen LogP contribution is 2.51. The molecule has 0 aromatic heterocycles. The van der Waals surface area contributed by atoms with E-state index in [0.717, 1.165) is 0 Å². The molecule has 3 rings (SSSR count). The number of allylic oxidation sites excluding steroid dienone is 3. The van der Waals surface area contributed by atoms with Gasteiger partial charge in [-0.1, -0.05) is 19.9 Å². The molecule has 0 spiro atoms. The van der Waals surface area contributed by atoms with Crippen molar-refractivity contribution in [2.75, 3.05) is 35.0 Å². The normalized spacial score (nSPS) is 21.7. The molecule has 0 bridgehead atoms. The molecule has 1 aliphatic carbocycles. The maximum absolute atomic E-state index is 13.9. The van der Waals surface area contributed by atoms with Gasteiger partial charge in [-0.05, 0) is 31.7 Å². The molecule has 1 heterocycles. The van der Waals surface area contributed by atoms with Gasteiger partial charge in [0, 0.05) is 22.5 Å². The summed E-state index contributed by atoms with van der Waals surface area (Å²) < 4.78 is 27.1. The van der Waals surface area contributed by atoms with Crippen molar-refractivity contribution in [2.24, 2.45) is 11.8 Å². The molecule has 35 heavy (non-hydrogen) atoms. The van der Waals surface area contributed by atoms with Crippen LogP contribution in [0.25, 0.3) is 0 Å². The summed E-state index contributed by atoms with van der Waals surface area (Å²) in [5.74, 6) is -2.59. The first-order valence-corrected chi connectivity index (χ1v) is 11.5. The zero-order chi connectivity index (χ0) is 25.9. The molecular formula is C26H33NO8. The zero-order valence-corrected chi connectivity index (χ0v) is 21.3. The van der Waals surface area contributed by atoms with Gasteiger partial charge < -0.3 is 29.0 Å². The maximum Gasteiger partial charge on any atom is 0.336 e. The Labute approximate surface area is 205 Å². The Morgan fingerprint density at radius 3 is 2.31 bits per heavy atom. The van der Waals surface area contributed by atoms with Gasteiger partial charge in [-0.2, -0.15) is 0 Å². The van der Waals surface area contributed by atoms with Crippen molar-refractivity contribution in [1.82, 2.24) is 5.32 Å². The summed E-state index contributed by atoms with van der Waals surface area (Å²) >= 11 is 0. The summed E-state index contributed by atoms with van der Waals surface area (Å²) in [5, 5.41) is 3.24. The van der Waals surface area contributed by atoms with Crippen molar-refractivity contribution in [2.45, 2.75) is 39.5 Å². The minimum absolute atomic E-state index is 0.229. The number of hydrogen-bond donors (Lipinski definition) is 1. The first kappa shape index (κ1) is 26.1. The minimum Gasteiger partial charge on any atom is -0.493 e. The minimum atomic E-state index is -0.986. The van der Waals surface area contributed by atoms with Gasteiger partial charge in [0.15, 0.2) is 17.3 Å². The number of Topliss-reactive ketones (excluding diaryl/α,β-unsaturated/α-hetero) is 1. The van der Waals surface area contributed by atoms with Gasteiger partial charge in [0.05, 0.1) is 46.5 Å². The lowest BCUT2D eigenvalue weighted by Gasteiger charge is -2.38. The van der Waals surface area contributed by atoms with Gasteiger partial charge in [-0.25, -0.2) is 4.79 Å². The van der Waals surface area contributed by atoms with Gasteiger partial charge in [-0.15, -0.1) is 0 Å². The number of esters is 2. The van der Waals surface area contributed by atoms with Gasteiger partial charge in [0.2, 0.25) is 5.75 Å². The summed E-state index contributed by atoms with van der Waals surface area (Å²) in [5.41, 5.74) is 2.35. The molecule has 1 aromatic carbocycles. The fraction of sp³-hybridized carbons (Fsp3) is 0.500. The van der Waals surface area contributed by atoms with E-state index in [-0.39, 0.29) is 18.1 Å². The van der Waals surface area contributed by atoms with Gasteiger partial charge >= 0.3 is 11.9 Å². The van der Waals surface area contributed by atoms with Crippen LogP contribution < -0.4 is 19.5 Å². The third-order valence-corrected chi connectivity index (χ3v) is 6.45. The van der Waals surface area contributed by atoms with E-state index in [1.807, 2.05) is 13.8 Å². The number of ether oxygens (including phenoxy) is 5. The van der Waals surface area contributed by atoms with E-state index in [0.29, 0.717) is 52.6 Å². The second kappa shape index (κ2) is 10.8. The molecule has 0 saturated carbocycles. The van der Waals surface area contributed by atoms with Crippen LogP contribution in [0, 0.1) is 11.8 Å². The SMILES string of the molecule is CCCOC(=O)C1=C(C)NC2=C(C(=O)[C@H](C(=O)OC)[C@@H](C)C2)[C@H]1c1ccc(OC)c(OC)c1OC. The van der Waals surface area contributed by atoms with E-state index in [1.165, 1.54) is 28.4 Å².